The molecule has 0 aliphatic rings. The SMILES string of the molecule is COC(=O)CCCCSCc1ccc(OC)cc1. The minimum Gasteiger partial charge on any atom is -0.497 e. The second-order valence-electron chi connectivity index (χ2n) is 3.93. The average molecular weight is 268 g/mol. The number of carbonyl (C=O) groups excluding carboxylic acids is 1. The standard InChI is InChI=1S/C14H20O3S/c1-16-13-8-6-12(7-9-13)11-18-10-4-3-5-14(15)17-2/h6-9H,3-5,10-11H2,1-2H3. The number of carbonyl (C=O) groups is 1. The lowest BCUT2D eigenvalue weighted by molar-refractivity contribution is -0.140. The van der Waals surface area contributed by atoms with Crippen molar-refractivity contribution in [1.82, 2.24) is 0 Å². The molecule has 0 saturated carbocycles. The summed E-state index contributed by atoms with van der Waals surface area (Å²) >= 11 is 1.89. The molecule has 100 valence electrons. The van der Waals surface area contributed by atoms with E-state index in [0.29, 0.717) is 6.42 Å². The van der Waals surface area contributed by atoms with Crippen LogP contribution in [0.3, 0.4) is 0 Å². The highest BCUT2D eigenvalue weighted by Crippen LogP contribution is 2.17. The van der Waals surface area contributed by atoms with E-state index >= 15 is 0 Å². The van der Waals surface area contributed by atoms with Gasteiger partial charge in [-0.05, 0) is 36.3 Å². The van der Waals surface area contributed by atoms with Gasteiger partial charge in [0.2, 0.25) is 0 Å². The zero-order chi connectivity index (χ0) is 13.2. The highest BCUT2D eigenvalue weighted by Gasteiger charge is 1.99. The van der Waals surface area contributed by atoms with Gasteiger partial charge in [0.05, 0.1) is 14.2 Å². The van der Waals surface area contributed by atoms with Crippen molar-refractivity contribution in [1.29, 1.82) is 0 Å². The molecule has 1 aromatic rings. The van der Waals surface area contributed by atoms with Crippen LogP contribution in [0.4, 0.5) is 0 Å². The van der Waals surface area contributed by atoms with Crippen LogP contribution in [0.2, 0.25) is 0 Å². The van der Waals surface area contributed by atoms with E-state index in [1.165, 1.54) is 12.7 Å². The molecule has 0 N–H and O–H groups in total. The summed E-state index contributed by atoms with van der Waals surface area (Å²) in [4.78, 5) is 10.9. The third kappa shape index (κ3) is 5.96. The van der Waals surface area contributed by atoms with Gasteiger partial charge < -0.3 is 9.47 Å². The van der Waals surface area contributed by atoms with Crippen LogP contribution in [-0.2, 0) is 15.3 Å². The van der Waals surface area contributed by atoms with Crippen molar-refractivity contribution >= 4 is 17.7 Å². The summed E-state index contributed by atoms with van der Waals surface area (Å²) in [6, 6.07) is 8.13. The Morgan fingerprint density at radius 1 is 1.17 bits per heavy atom. The van der Waals surface area contributed by atoms with Crippen molar-refractivity contribution in [3.05, 3.63) is 29.8 Å². The fourth-order valence-electron chi connectivity index (χ4n) is 1.49. The first kappa shape index (κ1) is 14.9. The summed E-state index contributed by atoms with van der Waals surface area (Å²) in [5.41, 5.74) is 1.30. The molecule has 0 aliphatic carbocycles. The molecule has 0 amide bonds. The molecule has 0 bridgehead atoms. The molecular formula is C14H20O3S. The van der Waals surface area contributed by atoms with E-state index in [0.717, 1.165) is 30.1 Å². The smallest absolute Gasteiger partial charge is 0.305 e. The highest BCUT2D eigenvalue weighted by atomic mass is 32.2. The normalized spacial score (nSPS) is 10.1. The van der Waals surface area contributed by atoms with Gasteiger partial charge in [-0.1, -0.05) is 12.1 Å². The number of rotatable bonds is 8. The van der Waals surface area contributed by atoms with E-state index in [4.69, 9.17) is 4.74 Å². The summed E-state index contributed by atoms with van der Waals surface area (Å²) in [6.07, 6.45) is 2.48. The van der Waals surface area contributed by atoms with Crippen LogP contribution in [0.5, 0.6) is 5.75 Å². The largest absolute Gasteiger partial charge is 0.497 e. The van der Waals surface area contributed by atoms with Gasteiger partial charge in [-0.15, -0.1) is 0 Å². The highest BCUT2D eigenvalue weighted by molar-refractivity contribution is 7.98. The Kier molecular flexibility index (Phi) is 7.34. The first-order valence-corrected chi connectivity index (χ1v) is 7.19. The molecule has 0 heterocycles. The first-order valence-electron chi connectivity index (χ1n) is 6.03. The van der Waals surface area contributed by atoms with Crippen LogP contribution >= 0.6 is 11.8 Å². The number of thioether (sulfide) groups is 1. The molecule has 0 aliphatic heterocycles. The molecule has 0 aromatic heterocycles. The van der Waals surface area contributed by atoms with Gasteiger partial charge in [0.25, 0.3) is 0 Å². The molecule has 0 fully saturated rings. The molecule has 0 unspecified atom stereocenters. The Labute approximate surface area is 113 Å². The number of ether oxygens (including phenoxy) is 2. The lowest BCUT2D eigenvalue weighted by atomic mass is 10.2. The van der Waals surface area contributed by atoms with Crippen molar-refractivity contribution < 1.29 is 14.3 Å². The Hall–Kier alpha value is -1.16. The molecule has 0 atom stereocenters. The van der Waals surface area contributed by atoms with Crippen LogP contribution in [0, 0.1) is 0 Å². The van der Waals surface area contributed by atoms with Crippen molar-refractivity contribution in [2.24, 2.45) is 0 Å². The molecule has 0 spiro atoms. The monoisotopic (exact) mass is 268 g/mol. The summed E-state index contributed by atoms with van der Waals surface area (Å²) in [5, 5.41) is 0. The molecule has 4 heteroatoms. The van der Waals surface area contributed by atoms with Gasteiger partial charge >= 0.3 is 5.97 Å². The zero-order valence-corrected chi connectivity index (χ0v) is 11.8. The number of benzene rings is 1. The minimum atomic E-state index is -0.116. The van der Waals surface area contributed by atoms with Crippen LogP contribution in [0.15, 0.2) is 24.3 Å². The van der Waals surface area contributed by atoms with E-state index in [1.54, 1.807) is 7.11 Å². The molecule has 3 nitrogen and oxygen atoms in total. The molecule has 0 radical (unpaired) electrons. The van der Waals surface area contributed by atoms with Crippen molar-refractivity contribution in [3.8, 4) is 5.75 Å². The Bertz CT molecular complexity index is 349. The second-order valence-corrected chi connectivity index (χ2v) is 5.04. The number of unbranched alkanes of at least 4 members (excludes halogenated alkanes) is 1. The van der Waals surface area contributed by atoms with Crippen LogP contribution in [-0.4, -0.2) is 25.9 Å². The maximum Gasteiger partial charge on any atom is 0.305 e. The fraction of sp³-hybridized carbons (Fsp3) is 0.500. The zero-order valence-electron chi connectivity index (χ0n) is 11.0. The van der Waals surface area contributed by atoms with Gasteiger partial charge in [0.1, 0.15) is 5.75 Å². The fourth-order valence-corrected chi connectivity index (χ4v) is 2.47. The maximum atomic E-state index is 10.9. The summed E-state index contributed by atoms with van der Waals surface area (Å²) in [5.74, 6) is 2.85. The first-order chi connectivity index (χ1) is 8.76. The Morgan fingerprint density at radius 2 is 1.89 bits per heavy atom. The molecule has 1 aromatic carbocycles. The van der Waals surface area contributed by atoms with Crippen molar-refractivity contribution in [3.63, 3.8) is 0 Å². The Balaban J connectivity index is 2.08. The van der Waals surface area contributed by atoms with E-state index in [9.17, 15) is 4.79 Å². The Morgan fingerprint density at radius 3 is 2.50 bits per heavy atom. The van der Waals surface area contributed by atoms with Gasteiger partial charge in [-0.2, -0.15) is 11.8 Å². The molecule has 0 saturated heterocycles. The van der Waals surface area contributed by atoms with Crippen molar-refractivity contribution in [2.45, 2.75) is 25.0 Å². The predicted octanol–water partition coefficient (Wildman–Crippen LogP) is 3.27. The van der Waals surface area contributed by atoms with Crippen LogP contribution in [0.1, 0.15) is 24.8 Å². The topological polar surface area (TPSA) is 35.5 Å². The van der Waals surface area contributed by atoms with Crippen LogP contribution in [0.25, 0.3) is 0 Å². The third-order valence-corrected chi connectivity index (χ3v) is 3.69. The molecular weight excluding hydrogens is 248 g/mol. The summed E-state index contributed by atoms with van der Waals surface area (Å²) < 4.78 is 9.70. The van der Waals surface area contributed by atoms with E-state index in [-0.39, 0.29) is 5.97 Å². The lowest BCUT2D eigenvalue weighted by Gasteiger charge is -2.04. The number of hydrogen-bond donors (Lipinski definition) is 0. The molecule has 1 rings (SSSR count). The number of methoxy groups -OCH3 is 2. The predicted molar refractivity (Wildman–Crippen MR) is 75.0 cm³/mol. The van der Waals surface area contributed by atoms with E-state index in [2.05, 4.69) is 16.9 Å². The van der Waals surface area contributed by atoms with E-state index < -0.39 is 0 Å². The summed E-state index contributed by atoms with van der Waals surface area (Å²) in [6.45, 7) is 0. The second kappa shape index (κ2) is 8.86. The quantitative estimate of drug-likeness (QED) is 0.535. The van der Waals surface area contributed by atoms with Crippen molar-refractivity contribution in [2.75, 3.05) is 20.0 Å². The number of esters is 1. The van der Waals surface area contributed by atoms with Gasteiger partial charge in [-0.3, -0.25) is 4.79 Å². The van der Waals surface area contributed by atoms with Gasteiger partial charge in [0.15, 0.2) is 0 Å². The van der Waals surface area contributed by atoms with Crippen LogP contribution < -0.4 is 4.74 Å². The van der Waals surface area contributed by atoms with Gasteiger partial charge in [0, 0.05) is 12.2 Å². The summed E-state index contributed by atoms with van der Waals surface area (Å²) in [7, 11) is 3.10. The van der Waals surface area contributed by atoms with E-state index in [1.807, 2.05) is 23.9 Å². The maximum absolute atomic E-state index is 10.9. The number of hydrogen-bond acceptors (Lipinski definition) is 4. The third-order valence-electron chi connectivity index (χ3n) is 2.58. The van der Waals surface area contributed by atoms with Gasteiger partial charge in [-0.25, -0.2) is 0 Å². The average Bonchev–Trinajstić information content (AvgIpc) is 2.43. The molecule has 18 heavy (non-hydrogen) atoms. The minimum absolute atomic E-state index is 0.116. The lowest BCUT2D eigenvalue weighted by Crippen LogP contribution is -1.99.